The van der Waals surface area contributed by atoms with Crippen molar-refractivity contribution in [2.45, 2.75) is 88.4 Å². The van der Waals surface area contributed by atoms with Gasteiger partial charge >= 0.3 is 0 Å². The molecule has 0 spiro atoms. The summed E-state index contributed by atoms with van der Waals surface area (Å²) in [6.07, 6.45) is 2.99. The molecule has 3 aromatic rings. The number of likely N-dealkylation sites (tertiary alicyclic amines) is 1. The van der Waals surface area contributed by atoms with E-state index >= 15 is 0 Å². The van der Waals surface area contributed by atoms with Gasteiger partial charge in [0.2, 0.25) is 0 Å². The molecule has 2 N–H and O–H groups in total. The molecule has 2 aliphatic heterocycles. The SMILES string of the molecule is C[C@H]1[C@@H](CN2CC3(C)CC2CC(C)(C)C3)O[C@@H](c2ccc(-c3ccccc3CNC(=O)C(Cl)(Cl)Cl)cc2)O[C@H]1c1ccc(CO)cc1. The Balaban J connectivity index is 1.24. The molecule has 6 atom stereocenters. The summed E-state index contributed by atoms with van der Waals surface area (Å²) in [5, 5.41) is 12.3. The summed E-state index contributed by atoms with van der Waals surface area (Å²) in [4.78, 5) is 14.9. The number of amides is 1. The van der Waals surface area contributed by atoms with E-state index in [1.807, 2.05) is 36.4 Å². The van der Waals surface area contributed by atoms with Crippen molar-refractivity contribution >= 4 is 40.7 Å². The van der Waals surface area contributed by atoms with Crippen LogP contribution in [-0.2, 0) is 27.4 Å². The molecule has 9 heteroatoms. The summed E-state index contributed by atoms with van der Waals surface area (Å²) in [6.45, 7) is 11.7. The Labute approximate surface area is 293 Å². The zero-order chi connectivity index (χ0) is 33.6. The maximum atomic E-state index is 12.2. The first-order valence-corrected chi connectivity index (χ1v) is 17.6. The van der Waals surface area contributed by atoms with E-state index in [0.29, 0.717) is 16.9 Å². The third-order valence-electron chi connectivity index (χ3n) is 10.3. The molecule has 2 saturated heterocycles. The summed E-state index contributed by atoms with van der Waals surface area (Å²) in [6, 6.07) is 24.7. The van der Waals surface area contributed by atoms with Crippen LogP contribution in [0, 0.1) is 16.7 Å². The molecular formula is C38H45Cl3N2O4. The van der Waals surface area contributed by atoms with Gasteiger partial charge in [-0.05, 0) is 57.9 Å². The summed E-state index contributed by atoms with van der Waals surface area (Å²) in [5.41, 5.74) is 6.47. The van der Waals surface area contributed by atoms with Crippen LogP contribution in [0.4, 0.5) is 0 Å². The number of aliphatic hydroxyl groups excluding tert-OH is 1. The smallest absolute Gasteiger partial charge is 0.272 e. The predicted molar refractivity (Wildman–Crippen MR) is 188 cm³/mol. The van der Waals surface area contributed by atoms with E-state index in [0.717, 1.165) is 46.5 Å². The molecule has 3 aliphatic rings. The monoisotopic (exact) mass is 698 g/mol. The first-order valence-electron chi connectivity index (χ1n) is 16.5. The van der Waals surface area contributed by atoms with Crippen LogP contribution >= 0.6 is 34.8 Å². The number of aliphatic hydroxyl groups is 1. The van der Waals surface area contributed by atoms with Crippen molar-refractivity contribution in [3.05, 3.63) is 95.1 Å². The molecule has 1 aliphatic carbocycles. The van der Waals surface area contributed by atoms with Crippen LogP contribution in [0.5, 0.6) is 0 Å². The number of nitrogens with zero attached hydrogens (tertiary/aromatic N) is 1. The van der Waals surface area contributed by atoms with Gasteiger partial charge in [-0.3, -0.25) is 9.69 Å². The van der Waals surface area contributed by atoms with Gasteiger partial charge in [-0.25, -0.2) is 0 Å². The Hall–Kier alpha value is -2.16. The van der Waals surface area contributed by atoms with E-state index in [1.165, 1.54) is 19.3 Å². The highest BCUT2D eigenvalue weighted by Crippen LogP contribution is 2.53. The number of hydrogen-bond acceptors (Lipinski definition) is 5. The van der Waals surface area contributed by atoms with Crippen LogP contribution in [0.3, 0.4) is 0 Å². The Morgan fingerprint density at radius 1 is 0.957 bits per heavy atom. The fourth-order valence-electron chi connectivity index (χ4n) is 8.40. The number of ether oxygens (including phenoxy) is 2. The van der Waals surface area contributed by atoms with Gasteiger partial charge in [0, 0.05) is 37.2 Å². The van der Waals surface area contributed by atoms with Gasteiger partial charge in [0.15, 0.2) is 6.29 Å². The number of carbonyl (C=O) groups excluding carboxylic acids is 1. The fourth-order valence-corrected chi connectivity index (χ4v) is 8.60. The molecule has 47 heavy (non-hydrogen) atoms. The minimum atomic E-state index is -2.02. The van der Waals surface area contributed by atoms with Crippen molar-refractivity contribution < 1.29 is 19.4 Å². The van der Waals surface area contributed by atoms with Crippen LogP contribution in [-0.4, -0.2) is 44.9 Å². The van der Waals surface area contributed by atoms with Gasteiger partial charge in [-0.15, -0.1) is 0 Å². The number of benzene rings is 3. The largest absolute Gasteiger partial charge is 0.392 e. The van der Waals surface area contributed by atoms with E-state index in [1.54, 1.807) is 0 Å². The molecule has 2 unspecified atom stereocenters. The second-order valence-corrected chi connectivity index (χ2v) is 17.2. The van der Waals surface area contributed by atoms with E-state index in [9.17, 15) is 9.90 Å². The molecule has 6 rings (SSSR count). The summed E-state index contributed by atoms with van der Waals surface area (Å²) >= 11 is 17.3. The van der Waals surface area contributed by atoms with Gasteiger partial charge in [-0.1, -0.05) is 135 Å². The number of carbonyl (C=O) groups is 1. The maximum Gasteiger partial charge on any atom is 0.272 e. The molecule has 2 bridgehead atoms. The number of alkyl halides is 3. The number of halogens is 3. The summed E-state index contributed by atoms with van der Waals surface area (Å²) in [5.74, 6) is -0.541. The van der Waals surface area contributed by atoms with Crippen molar-refractivity contribution in [1.29, 1.82) is 0 Å². The minimum absolute atomic E-state index is 0.00986. The summed E-state index contributed by atoms with van der Waals surface area (Å²) in [7, 11) is 0. The maximum absolute atomic E-state index is 12.2. The second-order valence-electron chi connectivity index (χ2n) is 14.9. The van der Waals surface area contributed by atoms with Gasteiger partial charge in [-0.2, -0.15) is 0 Å². The molecule has 0 radical (unpaired) electrons. The lowest BCUT2D eigenvalue weighted by Gasteiger charge is -2.43. The number of rotatable bonds is 8. The quantitative estimate of drug-likeness (QED) is 0.231. The van der Waals surface area contributed by atoms with Crippen molar-refractivity contribution in [1.82, 2.24) is 10.2 Å². The average Bonchev–Trinajstić information content (AvgIpc) is 3.27. The fraction of sp³-hybridized carbons (Fsp3) is 0.500. The minimum Gasteiger partial charge on any atom is -0.392 e. The van der Waals surface area contributed by atoms with Gasteiger partial charge < -0.3 is 19.9 Å². The highest BCUT2D eigenvalue weighted by atomic mass is 35.6. The standard InChI is InChI=1S/C38H45Cl3N2O4/c1-24-32(20-43-23-37(4)18-30(43)17-36(2,3)22-37)46-34(47-33(24)27-11-9-25(21-44)10-12-27)28-15-13-26(14-16-28)31-8-6-5-7-29(31)19-42-35(45)38(39,40)41/h5-16,24,30,32-34,44H,17-23H2,1-4H3,(H,42,45)/t24-,30?,32+,33+,34+,37?/m0/s1. The van der Waals surface area contributed by atoms with Crippen LogP contribution < -0.4 is 5.32 Å². The van der Waals surface area contributed by atoms with E-state index < -0.39 is 16.0 Å². The van der Waals surface area contributed by atoms with E-state index in [-0.39, 0.29) is 31.3 Å². The van der Waals surface area contributed by atoms with E-state index in [4.69, 9.17) is 44.3 Å². The van der Waals surface area contributed by atoms with E-state index in [2.05, 4.69) is 74.3 Å². The zero-order valence-electron chi connectivity index (χ0n) is 27.5. The Morgan fingerprint density at radius 3 is 2.32 bits per heavy atom. The second kappa shape index (κ2) is 13.6. The van der Waals surface area contributed by atoms with Crippen LogP contribution in [0.1, 0.15) is 81.6 Å². The van der Waals surface area contributed by atoms with Crippen LogP contribution in [0.25, 0.3) is 11.1 Å². The zero-order valence-corrected chi connectivity index (χ0v) is 29.8. The van der Waals surface area contributed by atoms with Crippen molar-refractivity contribution in [2.75, 3.05) is 13.1 Å². The molecule has 6 nitrogen and oxygen atoms in total. The third kappa shape index (κ3) is 7.86. The lowest BCUT2D eigenvalue weighted by molar-refractivity contribution is -0.276. The van der Waals surface area contributed by atoms with Crippen molar-refractivity contribution in [3.8, 4) is 11.1 Å². The predicted octanol–water partition coefficient (Wildman–Crippen LogP) is 8.52. The van der Waals surface area contributed by atoms with Gasteiger partial charge in [0.1, 0.15) is 0 Å². The highest BCUT2D eigenvalue weighted by molar-refractivity contribution is 6.76. The number of fused-ring (bicyclic) bond motifs is 2. The average molecular weight is 700 g/mol. The summed E-state index contributed by atoms with van der Waals surface area (Å²) < 4.78 is 11.6. The molecular weight excluding hydrogens is 655 g/mol. The van der Waals surface area contributed by atoms with Gasteiger partial charge in [0.25, 0.3) is 9.70 Å². The first kappa shape index (κ1) is 34.7. The molecule has 0 aromatic heterocycles. The van der Waals surface area contributed by atoms with Gasteiger partial charge in [0.05, 0.1) is 18.8 Å². The van der Waals surface area contributed by atoms with Crippen LogP contribution in [0.15, 0.2) is 72.8 Å². The third-order valence-corrected chi connectivity index (χ3v) is 10.8. The molecule has 1 saturated carbocycles. The Bertz CT molecular complexity index is 1560. The molecule has 3 fully saturated rings. The van der Waals surface area contributed by atoms with Crippen molar-refractivity contribution in [3.63, 3.8) is 0 Å². The topological polar surface area (TPSA) is 71.0 Å². The number of nitrogens with one attached hydrogen (secondary N) is 1. The molecule has 1 amide bonds. The Kier molecular flexibility index (Phi) is 10.1. The molecule has 2 heterocycles. The van der Waals surface area contributed by atoms with Crippen molar-refractivity contribution in [2.24, 2.45) is 16.7 Å². The highest BCUT2D eigenvalue weighted by Gasteiger charge is 2.51. The number of hydrogen-bond donors (Lipinski definition) is 2. The lowest BCUT2D eigenvalue weighted by atomic mass is 9.65. The first-order chi connectivity index (χ1) is 22.2. The molecule has 3 aromatic carbocycles. The molecule has 252 valence electrons. The Morgan fingerprint density at radius 2 is 1.64 bits per heavy atom. The lowest BCUT2D eigenvalue weighted by Crippen LogP contribution is -2.46. The van der Waals surface area contributed by atoms with Crippen LogP contribution in [0.2, 0.25) is 0 Å². The normalized spacial score (nSPS) is 29.1.